The fourth-order valence-corrected chi connectivity index (χ4v) is 3.44. The third-order valence-electron chi connectivity index (χ3n) is 3.67. The molecule has 0 aliphatic heterocycles. The number of nitrogens with zero attached hydrogens (tertiary/aromatic N) is 1. The topological polar surface area (TPSA) is 24.9 Å². The summed E-state index contributed by atoms with van der Waals surface area (Å²) in [7, 11) is 0. The molecular weight excluding hydrogens is 228 g/mol. The van der Waals surface area contributed by atoms with Crippen LogP contribution in [-0.2, 0) is 6.42 Å². The van der Waals surface area contributed by atoms with E-state index in [-0.39, 0.29) is 5.54 Å². The average Bonchev–Trinajstić information content (AvgIpc) is 2.87. The van der Waals surface area contributed by atoms with Crippen molar-refractivity contribution in [3.05, 3.63) is 16.6 Å². The molecule has 17 heavy (non-hydrogen) atoms. The molecule has 96 valence electrons. The Morgan fingerprint density at radius 2 is 2.06 bits per heavy atom. The van der Waals surface area contributed by atoms with E-state index in [1.165, 1.54) is 30.7 Å². The van der Waals surface area contributed by atoms with E-state index in [9.17, 15) is 0 Å². The Hall–Kier alpha value is -0.410. The van der Waals surface area contributed by atoms with Crippen LogP contribution < -0.4 is 5.32 Å². The highest BCUT2D eigenvalue weighted by atomic mass is 32.1. The zero-order valence-corrected chi connectivity index (χ0v) is 12.1. The Morgan fingerprint density at radius 3 is 2.59 bits per heavy atom. The molecule has 1 aromatic rings. The van der Waals surface area contributed by atoms with Gasteiger partial charge >= 0.3 is 0 Å². The Bertz CT molecular complexity index is 332. The molecular formula is C14H24N2S. The Labute approximate surface area is 109 Å². The zero-order chi connectivity index (χ0) is 12.4. The number of hydrogen-bond donors (Lipinski definition) is 1. The van der Waals surface area contributed by atoms with Crippen molar-refractivity contribution in [1.29, 1.82) is 0 Å². The van der Waals surface area contributed by atoms with Crippen LogP contribution in [0.2, 0.25) is 0 Å². The molecule has 1 N–H and O–H groups in total. The third kappa shape index (κ3) is 3.78. The van der Waals surface area contributed by atoms with Gasteiger partial charge in [0.1, 0.15) is 0 Å². The third-order valence-corrected chi connectivity index (χ3v) is 4.45. The maximum atomic E-state index is 4.46. The molecule has 1 fully saturated rings. The van der Waals surface area contributed by atoms with Crippen LogP contribution in [0.25, 0.3) is 0 Å². The number of hydrogen-bond acceptors (Lipinski definition) is 3. The first-order chi connectivity index (χ1) is 7.99. The lowest BCUT2D eigenvalue weighted by atomic mass is 9.82. The summed E-state index contributed by atoms with van der Waals surface area (Å²) < 4.78 is 0. The molecule has 1 saturated carbocycles. The van der Waals surface area contributed by atoms with E-state index in [1.54, 1.807) is 11.3 Å². The molecule has 0 bridgehead atoms. The van der Waals surface area contributed by atoms with Gasteiger partial charge in [0.25, 0.3) is 0 Å². The van der Waals surface area contributed by atoms with Crippen LogP contribution in [0.5, 0.6) is 0 Å². The van der Waals surface area contributed by atoms with Gasteiger partial charge in [-0.05, 0) is 39.0 Å². The van der Waals surface area contributed by atoms with Gasteiger partial charge in [-0.25, -0.2) is 4.98 Å². The van der Waals surface area contributed by atoms with Crippen LogP contribution in [-0.4, -0.2) is 17.1 Å². The summed E-state index contributed by atoms with van der Waals surface area (Å²) in [5.41, 5.74) is 0.684. The van der Waals surface area contributed by atoms with Crippen LogP contribution >= 0.6 is 11.3 Å². The Morgan fingerprint density at radius 1 is 1.35 bits per heavy atom. The lowest BCUT2D eigenvalue weighted by molar-refractivity contribution is 0.244. The largest absolute Gasteiger partial charge is 0.312 e. The fraction of sp³-hybridized carbons (Fsp3) is 0.786. The molecule has 1 aromatic heterocycles. The minimum Gasteiger partial charge on any atom is -0.312 e. The van der Waals surface area contributed by atoms with Crippen molar-refractivity contribution >= 4 is 11.3 Å². The number of nitrogens with one attached hydrogen (secondary N) is 1. The summed E-state index contributed by atoms with van der Waals surface area (Å²) in [6.07, 6.45) is 8.58. The van der Waals surface area contributed by atoms with Crippen LogP contribution in [0.3, 0.4) is 0 Å². The van der Waals surface area contributed by atoms with Gasteiger partial charge in [0.15, 0.2) is 0 Å². The molecule has 0 spiro atoms. The van der Waals surface area contributed by atoms with E-state index in [1.807, 2.05) is 6.20 Å². The molecule has 1 aliphatic carbocycles. The van der Waals surface area contributed by atoms with Crippen LogP contribution in [0.1, 0.15) is 51.5 Å². The highest BCUT2D eigenvalue weighted by molar-refractivity contribution is 7.09. The van der Waals surface area contributed by atoms with E-state index in [0.717, 1.165) is 13.0 Å². The van der Waals surface area contributed by atoms with E-state index >= 15 is 0 Å². The first-order valence-electron chi connectivity index (χ1n) is 6.63. The van der Waals surface area contributed by atoms with E-state index < -0.39 is 0 Å². The molecule has 0 unspecified atom stereocenters. The summed E-state index contributed by atoms with van der Waals surface area (Å²) in [6.45, 7) is 7.88. The lowest BCUT2D eigenvalue weighted by Crippen LogP contribution is -2.43. The first kappa shape index (κ1) is 13.0. The van der Waals surface area contributed by atoms with Crippen molar-refractivity contribution in [3.63, 3.8) is 0 Å². The molecule has 0 saturated heterocycles. The minimum atomic E-state index is 0.221. The van der Waals surface area contributed by atoms with Crippen LogP contribution in [0.4, 0.5) is 0 Å². The minimum absolute atomic E-state index is 0.221. The van der Waals surface area contributed by atoms with E-state index in [4.69, 9.17) is 0 Å². The summed E-state index contributed by atoms with van der Waals surface area (Å²) in [4.78, 5) is 4.46. The van der Waals surface area contributed by atoms with Gasteiger partial charge in [0.2, 0.25) is 0 Å². The summed E-state index contributed by atoms with van der Waals surface area (Å²) in [5.74, 6) is 0. The van der Waals surface area contributed by atoms with E-state index in [2.05, 4.69) is 36.5 Å². The second kappa shape index (κ2) is 5.07. The maximum Gasteiger partial charge on any atom is 0.0930 e. The van der Waals surface area contributed by atoms with Crippen molar-refractivity contribution in [2.75, 3.05) is 6.54 Å². The average molecular weight is 252 g/mol. The molecule has 1 heterocycles. The molecule has 3 heteroatoms. The number of thiazole rings is 1. The first-order valence-corrected chi connectivity index (χ1v) is 7.51. The van der Waals surface area contributed by atoms with Gasteiger partial charge < -0.3 is 5.32 Å². The van der Waals surface area contributed by atoms with Crippen molar-refractivity contribution in [2.45, 2.75) is 58.4 Å². The second-order valence-electron chi connectivity index (χ2n) is 6.41. The second-order valence-corrected chi connectivity index (χ2v) is 7.39. The highest BCUT2D eigenvalue weighted by Crippen LogP contribution is 2.41. The van der Waals surface area contributed by atoms with Gasteiger partial charge in [-0.2, -0.15) is 0 Å². The molecule has 2 nitrogen and oxygen atoms in total. The van der Waals surface area contributed by atoms with E-state index in [0.29, 0.717) is 5.41 Å². The normalized spacial score (nSPS) is 19.7. The summed E-state index contributed by atoms with van der Waals surface area (Å²) >= 11 is 1.80. The monoisotopic (exact) mass is 252 g/mol. The standard InChI is InChI=1S/C14H24N2S/c1-13(2,3)16-11-14(6-4-5-7-14)10-12-15-8-9-17-12/h8-9,16H,4-7,10-11H2,1-3H3. The predicted octanol–water partition coefficient (Wildman–Crippen LogP) is 3.63. The lowest BCUT2D eigenvalue weighted by Gasteiger charge is -2.33. The summed E-state index contributed by atoms with van der Waals surface area (Å²) in [6, 6.07) is 0. The molecule has 2 rings (SSSR count). The maximum absolute atomic E-state index is 4.46. The van der Waals surface area contributed by atoms with Gasteiger partial charge in [-0.3, -0.25) is 0 Å². The molecule has 0 radical (unpaired) electrons. The van der Waals surface area contributed by atoms with Gasteiger partial charge in [0, 0.05) is 30.1 Å². The van der Waals surface area contributed by atoms with Gasteiger partial charge in [0.05, 0.1) is 5.01 Å². The fourth-order valence-electron chi connectivity index (χ4n) is 2.65. The van der Waals surface area contributed by atoms with Gasteiger partial charge in [-0.15, -0.1) is 11.3 Å². The van der Waals surface area contributed by atoms with Crippen molar-refractivity contribution in [2.24, 2.45) is 5.41 Å². The summed E-state index contributed by atoms with van der Waals surface area (Å²) in [5, 5.41) is 7.09. The molecule has 0 aromatic carbocycles. The number of aromatic nitrogens is 1. The molecule has 0 amide bonds. The van der Waals surface area contributed by atoms with Crippen LogP contribution in [0, 0.1) is 5.41 Å². The van der Waals surface area contributed by atoms with Crippen LogP contribution in [0.15, 0.2) is 11.6 Å². The zero-order valence-electron chi connectivity index (χ0n) is 11.3. The molecule has 0 atom stereocenters. The molecule has 1 aliphatic rings. The quantitative estimate of drug-likeness (QED) is 0.885. The van der Waals surface area contributed by atoms with Crippen molar-refractivity contribution < 1.29 is 0 Å². The van der Waals surface area contributed by atoms with Crippen molar-refractivity contribution in [1.82, 2.24) is 10.3 Å². The Balaban J connectivity index is 1.99. The SMILES string of the molecule is CC(C)(C)NCC1(Cc2nccs2)CCCC1. The highest BCUT2D eigenvalue weighted by Gasteiger charge is 2.35. The predicted molar refractivity (Wildman–Crippen MR) is 74.5 cm³/mol. The Kier molecular flexibility index (Phi) is 3.88. The van der Waals surface area contributed by atoms with Crippen molar-refractivity contribution in [3.8, 4) is 0 Å². The smallest absolute Gasteiger partial charge is 0.0930 e. The van der Waals surface area contributed by atoms with Gasteiger partial charge in [-0.1, -0.05) is 12.8 Å². The number of rotatable bonds is 4.